The number of hydrogen-bond donors (Lipinski definition) is 0. The number of para-hydroxylation sites is 5. The van der Waals surface area contributed by atoms with Crippen LogP contribution >= 0.6 is 0 Å². The summed E-state index contributed by atoms with van der Waals surface area (Å²) in [6, 6.07) is 96.4. The van der Waals surface area contributed by atoms with Crippen LogP contribution in [0.4, 0.5) is 51.2 Å². The minimum absolute atomic E-state index is 0.0446. The summed E-state index contributed by atoms with van der Waals surface area (Å²) in [5, 5.41) is 2.45. The predicted molar refractivity (Wildman–Crippen MR) is 372 cm³/mol. The molecule has 3 heterocycles. The normalized spacial score (nSPS) is 13.4. The van der Waals surface area contributed by atoms with Gasteiger partial charge in [0.2, 0.25) is 0 Å². The maximum atomic E-state index is 7.27. The molecular weight excluding hydrogens is 1070 g/mol. The van der Waals surface area contributed by atoms with Crippen LogP contribution in [-0.4, -0.2) is 11.3 Å². The Labute approximate surface area is 517 Å². The number of anilines is 9. The Morgan fingerprint density at radius 2 is 1.00 bits per heavy atom. The zero-order valence-electron chi connectivity index (χ0n) is 51.1. The number of aromatic nitrogens is 1. The summed E-state index contributed by atoms with van der Waals surface area (Å²) in [6.45, 7) is 18.5. The van der Waals surface area contributed by atoms with Crippen molar-refractivity contribution >= 4 is 96.1 Å². The lowest BCUT2D eigenvalue weighted by atomic mass is 9.34. The van der Waals surface area contributed by atoms with Crippen LogP contribution in [0.5, 0.6) is 11.5 Å². The summed E-state index contributed by atoms with van der Waals surface area (Å²) in [4.78, 5) is 7.29. The highest BCUT2D eigenvalue weighted by Gasteiger charge is 2.45. The molecule has 13 aromatic rings. The first-order chi connectivity index (χ1) is 42.8. The molecule has 2 aliphatic heterocycles. The third-order valence-electron chi connectivity index (χ3n) is 19.0. The summed E-state index contributed by atoms with van der Waals surface area (Å²) in [6.07, 6.45) is 0. The van der Waals surface area contributed by atoms with E-state index in [2.05, 4.69) is 336 Å². The fourth-order valence-electron chi connectivity index (χ4n) is 14.9. The van der Waals surface area contributed by atoms with Crippen molar-refractivity contribution in [2.24, 2.45) is 0 Å². The van der Waals surface area contributed by atoms with E-state index in [9.17, 15) is 0 Å². The van der Waals surface area contributed by atoms with Crippen LogP contribution in [0.1, 0.15) is 68.0 Å². The predicted octanol–water partition coefficient (Wildman–Crippen LogP) is 20.3. The first-order valence-corrected chi connectivity index (χ1v) is 30.9. The Hall–Kier alpha value is -10.3. The molecule has 5 nitrogen and oxygen atoms in total. The molecule has 12 aromatic carbocycles. The van der Waals surface area contributed by atoms with Crippen LogP contribution in [0, 0.1) is 20.8 Å². The van der Waals surface area contributed by atoms with Gasteiger partial charge in [-0.05, 0) is 232 Å². The minimum atomic E-state index is -0.285. The van der Waals surface area contributed by atoms with Gasteiger partial charge >= 0.3 is 0 Å². The number of aryl methyl sites for hydroxylation is 3. The van der Waals surface area contributed by atoms with E-state index in [1.807, 2.05) is 0 Å². The summed E-state index contributed by atoms with van der Waals surface area (Å²) >= 11 is 0. The minimum Gasteiger partial charge on any atom is -0.458 e. The van der Waals surface area contributed by atoms with Crippen LogP contribution in [0.25, 0.3) is 49.7 Å². The van der Waals surface area contributed by atoms with Crippen LogP contribution in [0.3, 0.4) is 0 Å². The maximum Gasteiger partial charge on any atom is 0.256 e. The Morgan fingerprint density at radius 1 is 0.420 bits per heavy atom. The van der Waals surface area contributed by atoms with Gasteiger partial charge in [0.1, 0.15) is 11.5 Å². The van der Waals surface area contributed by atoms with Crippen molar-refractivity contribution in [3.8, 4) is 39.4 Å². The topological polar surface area (TPSA) is 23.9 Å². The largest absolute Gasteiger partial charge is 0.458 e. The Kier molecular flexibility index (Phi) is 12.2. The van der Waals surface area contributed by atoms with Gasteiger partial charge < -0.3 is 24.0 Å². The van der Waals surface area contributed by atoms with Crippen molar-refractivity contribution in [2.45, 2.75) is 66.2 Å². The quantitative estimate of drug-likeness (QED) is 0.134. The average Bonchev–Trinajstić information content (AvgIpc) is 1.92. The Bertz CT molecular complexity index is 4870. The first-order valence-electron chi connectivity index (χ1n) is 30.9. The van der Waals surface area contributed by atoms with Crippen LogP contribution < -0.4 is 35.8 Å². The molecule has 0 fully saturated rings. The van der Waals surface area contributed by atoms with Gasteiger partial charge in [-0.3, -0.25) is 0 Å². The number of benzene rings is 12. The van der Waals surface area contributed by atoms with E-state index in [1.165, 1.54) is 94.0 Å². The van der Waals surface area contributed by atoms with E-state index in [1.54, 1.807) is 0 Å². The van der Waals surface area contributed by atoms with Gasteiger partial charge in [0, 0.05) is 73.1 Å². The highest BCUT2D eigenvalue weighted by atomic mass is 16.5. The van der Waals surface area contributed by atoms with E-state index >= 15 is 0 Å². The number of nitrogens with zero attached hydrogens (tertiary/aromatic N) is 4. The molecule has 3 aliphatic rings. The average molecular weight is 1140 g/mol. The van der Waals surface area contributed by atoms with E-state index in [4.69, 9.17) is 4.74 Å². The van der Waals surface area contributed by atoms with Gasteiger partial charge in [-0.2, -0.15) is 0 Å². The lowest BCUT2D eigenvalue weighted by molar-refractivity contribution is 0.487. The zero-order chi connectivity index (χ0) is 59.7. The van der Waals surface area contributed by atoms with Gasteiger partial charge in [0.05, 0.1) is 11.0 Å². The molecule has 0 N–H and O–H groups in total. The molecule has 0 radical (unpaired) electrons. The molecule has 16 rings (SSSR count). The first kappa shape index (κ1) is 53.2. The Morgan fingerprint density at radius 3 is 1.66 bits per heavy atom. The van der Waals surface area contributed by atoms with Crippen LogP contribution in [0.15, 0.2) is 261 Å². The summed E-state index contributed by atoms with van der Waals surface area (Å²) < 4.78 is 9.65. The van der Waals surface area contributed by atoms with Crippen molar-refractivity contribution < 1.29 is 4.74 Å². The van der Waals surface area contributed by atoms with Crippen molar-refractivity contribution in [2.75, 3.05) is 14.7 Å². The van der Waals surface area contributed by atoms with Crippen LogP contribution in [-0.2, 0) is 10.8 Å². The molecule has 0 atom stereocenters. The second-order valence-electron chi connectivity index (χ2n) is 25.9. The second kappa shape index (κ2) is 20.2. The van der Waals surface area contributed by atoms with Gasteiger partial charge in [-0.15, -0.1) is 0 Å². The summed E-state index contributed by atoms with van der Waals surface area (Å²) in [5.74, 6) is 1.85. The molecule has 0 saturated heterocycles. The molecule has 1 aromatic heterocycles. The maximum absolute atomic E-state index is 7.27. The molecule has 0 amide bonds. The zero-order valence-corrected chi connectivity index (χ0v) is 51.1. The van der Waals surface area contributed by atoms with Gasteiger partial charge in [-0.1, -0.05) is 162 Å². The Balaban J connectivity index is 0.774. The van der Waals surface area contributed by atoms with E-state index in [0.717, 1.165) is 68.2 Å². The van der Waals surface area contributed by atoms with Crippen LogP contribution in [0.2, 0.25) is 0 Å². The fourth-order valence-corrected chi connectivity index (χ4v) is 14.9. The molecule has 0 unspecified atom stereocenters. The van der Waals surface area contributed by atoms with Gasteiger partial charge in [0.25, 0.3) is 6.71 Å². The van der Waals surface area contributed by atoms with E-state index < -0.39 is 0 Å². The summed E-state index contributed by atoms with van der Waals surface area (Å²) in [5.41, 5.74) is 29.5. The monoisotopic (exact) mass is 1130 g/mol. The second-order valence-corrected chi connectivity index (χ2v) is 25.9. The SMILES string of the molecule is Cc1cc2c3c(c1)N(c1ccc(-c4c(C)cc(N(c5ccccc5)c5ccc6c(c5)c5ccccc5n6-c5ccccc5)cc4C)cc1)c1cc(C(C)(C)C)ccc1B3c1cc3c(cc1O2)-c1ccc(N(c2ccccc2)c2ccccc2)cc1C3(C)C. The molecule has 0 spiro atoms. The molecular formula is C82H67BN4O. The van der Waals surface area contributed by atoms with Gasteiger partial charge in [-0.25, -0.2) is 0 Å². The molecule has 1 aliphatic carbocycles. The van der Waals surface area contributed by atoms with Crippen molar-refractivity contribution in [3.05, 3.63) is 294 Å². The van der Waals surface area contributed by atoms with Crippen molar-refractivity contribution in [1.29, 1.82) is 0 Å². The summed E-state index contributed by atoms with van der Waals surface area (Å²) in [7, 11) is 0. The molecule has 424 valence electrons. The lowest BCUT2D eigenvalue weighted by Crippen LogP contribution is -2.59. The smallest absolute Gasteiger partial charge is 0.256 e. The number of ether oxygens (including phenoxy) is 1. The number of hydrogen-bond acceptors (Lipinski definition) is 4. The third-order valence-corrected chi connectivity index (χ3v) is 19.0. The molecule has 88 heavy (non-hydrogen) atoms. The van der Waals surface area contributed by atoms with Crippen molar-refractivity contribution in [3.63, 3.8) is 0 Å². The highest BCUT2D eigenvalue weighted by molar-refractivity contribution is 6.99. The highest BCUT2D eigenvalue weighted by Crippen LogP contribution is 2.53. The molecule has 0 saturated carbocycles. The third kappa shape index (κ3) is 8.44. The number of rotatable bonds is 9. The van der Waals surface area contributed by atoms with E-state index in [0.29, 0.717) is 0 Å². The van der Waals surface area contributed by atoms with Gasteiger partial charge in [0.15, 0.2) is 0 Å². The van der Waals surface area contributed by atoms with E-state index in [-0.39, 0.29) is 17.5 Å². The molecule has 6 heteroatoms. The molecule has 0 bridgehead atoms. The standard InChI is InChI=1S/C82H67BN4O/c1-52-43-76-80-78(44-52)88-77-50-67-65-40-38-63(84(57-23-13-9-14-24-57)58-25-15-10-16-26-58)49-69(65)82(7,8)70(67)51-72(77)83(80)71-41-35-56(81(4,5)6)47-75(71)87(76)61-36-33-55(34-37-61)79-53(2)45-64(46-54(79)3)85(59-27-17-11-18-28-59)62-39-42-74-68(48-62)66-31-21-22-32-73(66)86(74)60-29-19-12-20-30-60/h9-51H,1-8H3. The van der Waals surface area contributed by atoms with Crippen molar-refractivity contribution in [1.82, 2.24) is 4.57 Å². The fraction of sp³-hybridized carbons (Fsp3) is 0.122. The number of fused-ring (bicyclic) bond motifs is 10. The lowest BCUT2D eigenvalue weighted by Gasteiger charge is -2.41.